The van der Waals surface area contributed by atoms with Crippen molar-refractivity contribution in [1.29, 1.82) is 0 Å². The molecule has 2 aromatic rings. The molecule has 122 valence electrons. The molecular weight excluding hydrogens is 386 g/mol. The molecular formula is C18H16BrN3OS. The van der Waals surface area contributed by atoms with Gasteiger partial charge in [0.1, 0.15) is 5.04 Å². The van der Waals surface area contributed by atoms with Gasteiger partial charge in [0.2, 0.25) is 5.78 Å². The number of thioether (sulfide) groups is 1. The van der Waals surface area contributed by atoms with E-state index in [9.17, 15) is 4.79 Å². The number of benzene rings is 2. The molecule has 0 aliphatic carbocycles. The minimum Gasteiger partial charge on any atom is -0.287 e. The van der Waals surface area contributed by atoms with Crippen molar-refractivity contribution in [1.82, 2.24) is 0 Å². The lowest BCUT2D eigenvalue weighted by atomic mass is 10.1. The Morgan fingerprint density at radius 3 is 2.50 bits per heavy atom. The fourth-order valence-corrected chi connectivity index (χ4v) is 3.26. The second kappa shape index (κ2) is 7.77. The standard InChI is InChI=1S/C18H16BrN3OS/c1-12-2-4-13(5-3-12)17(23)16(18-20-10-11-24-18)22-21-15-8-6-14(19)7-9-15/h2-9,21H,10-11H2,1H3/b22-16+. The molecule has 0 saturated carbocycles. The fraction of sp³-hybridized carbons (Fsp3) is 0.167. The summed E-state index contributed by atoms with van der Waals surface area (Å²) in [7, 11) is 0. The van der Waals surface area contributed by atoms with Crippen LogP contribution in [0.4, 0.5) is 5.69 Å². The molecule has 0 fully saturated rings. The molecule has 0 bridgehead atoms. The molecule has 1 heterocycles. The maximum absolute atomic E-state index is 12.8. The molecule has 0 radical (unpaired) electrons. The largest absolute Gasteiger partial charge is 0.287 e. The van der Waals surface area contributed by atoms with Gasteiger partial charge in [0, 0.05) is 22.3 Å². The highest BCUT2D eigenvalue weighted by molar-refractivity contribution is 9.10. The van der Waals surface area contributed by atoms with Crippen LogP contribution in [0.3, 0.4) is 0 Å². The number of hydrogen-bond acceptors (Lipinski definition) is 5. The van der Waals surface area contributed by atoms with Crippen molar-refractivity contribution in [2.24, 2.45) is 10.1 Å². The Hall–Kier alpha value is -1.92. The first-order valence-corrected chi connectivity index (χ1v) is 9.29. The van der Waals surface area contributed by atoms with Crippen molar-refractivity contribution in [2.45, 2.75) is 6.92 Å². The zero-order valence-corrected chi connectivity index (χ0v) is 15.5. The molecule has 0 saturated heterocycles. The number of hydrazone groups is 1. The number of ketones is 1. The van der Waals surface area contributed by atoms with Gasteiger partial charge < -0.3 is 0 Å². The molecule has 2 aromatic carbocycles. The first kappa shape index (κ1) is 16.9. The average Bonchev–Trinajstić information content (AvgIpc) is 3.11. The average molecular weight is 402 g/mol. The van der Waals surface area contributed by atoms with E-state index in [2.05, 4.69) is 31.4 Å². The number of rotatable bonds is 5. The van der Waals surface area contributed by atoms with E-state index in [4.69, 9.17) is 0 Å². The molecule has 0 amide bonds. The summed E-state index contributed by atoms with van der Waals surface area (Å²) in [5.41, 5.74) is 5.88. The number of carbonyl (C=O) groups is 1. The lowest BCUT2D eigenvalue weighted by molar-refractivity contribution is 0.106. The van der Waals surface area contributed by atoms with Gasteiger partial charge in [-0.25, -0.2) is 0 Å². The van der Waals surface area contributed by atoms with E-state index in [1.54, 1.807) is 11.8 Å². The summed E-state index contributed by atoms with van der Waals surface area (Å²) in [5, 5.41) is 5.05. The molecule has 1 aliphatic rings. The molecule has 24 heavy (non-hydrogen) atoms. The Bertz CT molecular complexity index is 798. The monoisotopic (exact) mass is 401 g/mol. The lowest BCUT2D eigenvalue weighted by Crippen LogP contribution is -2.23. The normalized spacial score (nSPS) is 14.4. The van der Waals surface area contributed by atoms with E-state index in [1.807, 2.05) is 55.5 Å². The van der Waals surface area contributed by atoms with E-state index in [1.165, 1.54) is 0 Å². The van der Waals surface area contributed by atoms with E-state index < -0.39 is 0 Å². The Balaban J connectivity index is 1.88. The summed E-state index contributed by atoms with van der Waals surface area (Å²) in [4.78, 5) is 17.3. The third-order valence-corrected chi connectivity index (χ3v) is 4.97. The molecule has 1 N–H and O–H groups in total. The van der Waals surface area contributed by atoms with Gasteiger partial charge in [0.25, 0.3) is 0 Å². The number of aliphatic imine (C=N–C) groups is 1. The van der Waals surface area contributed by atoms with Gasteiger partial charge in [-0.3, -0.25) is 15.2 Å². The van der Waals surface area contributed by atoms with Crippen LogP contribution >= 0.6 is 27.7 Å². The molecule has 1 aliphatic heterocycles. The second-order valence-corrected chi connectivity index (χ2v) is 7.31. The van der Waals surface area contributed by atoms with E-state index in [0.29, 0.717) is 16.3 Å². The van der Waals surface area contributed by atoms with Crippen LogP contribution in [0.1, 0.15) is 15.9 Å². The van der Waals surface area contributed by atoms with Gasteiger partial charge in [-0.15, -0.1) is 11.8 Å². The molecule has 0 unspecified atom stereocenters. The SMILES string of the molecule is Cc1ccc(C(=O)/C(=N\Nc2ccc(Br)cc2)C2=NCCS2)cc1. The number of nitrogens with one attached hydrogen (secondary N) is 1. The first-order valence-electron chi connectivity index (χ1n) is 7.52. The quantitative estimate of drug-likeness (QED) is 0.454. The van der Waals surface area contributed by atoms with Crippen LogP contribution in [-0.4, -0.2) is 28.8 Å². The molecule has 0 spiro atoms. The number of hydrogen-bond donors (Lipinski definition) is 1. The molecule has 6 heteroatoms. The van der Waals surface area contributed by atoms with Gasteiger partial charge in [0.15, 0.2) is 5.71 Å². The maximum atomic E-state index is 12.8. The van der Waals surface area contributed by atoms with E-state index >= 15 is 0 Å². The molecule has 4 nitrogen and oxygen atoms in total. The highest BCUT2D eigenvalue weighted by Gasteiger charge is 2.23. The minimum atomic E-state index is -0.118. The fourth-order valence-electron chi connectivity index (χ4n) is 2.16. The summed E-state index contributed by atoms with van der Waals surface area (Å²) in [5.74, 6) is 0.765. The Morgan fingerprint density at radius 1 is 1.17 bits per heavy atom. The minimum absolute atomic E-state index is 0.118. The van der Waals surface area contributed by atoms with Gasteiger partial charge in [-0.1, -0.05) is 45.8 Å². The Kier molecular flexibility index (Phi) is 5.48. The summed E-state index contributed by atoms with van der Waals surface area (Å²) >= 11 is 4.96. The van der Waals surface area contributed by atoms with Crippen molar-refractivity contribution in [3.8, 4) is 0 Å². The number of aryl methyl sites for hydroxylation is 1. The Labute approximate surface area is 153 Å². The first-order chi connectivity index (χ1) is 11.6. The van der Waals surface area contributed by atoms with Crippen molar-refractivity contribution in [3.63, 3.8) is 0 Å². The number of anilines is 1. The number of carbonyl (C=O) groups excluding carboxylic acids is 1. The van der Waals surface area contributed by atoms with E-state index in [0.717, 1.165) is 28.0 Å². The number of Topliss-reactive ketones (excluding diaryl/α,β-unsaturated/α-hetero) is 1. The van der Waals surface area contributed by atoms with Crippen LogP contribution in [0, 0.1) is 6.92 Å². The summed E-state index contributed by atoms with van der Waals surface area (Å²) in [6, 6.07) is 15.1. The highest BCUT2D eigenvalue weighted by atomic mass is 79.9. The van der Waals surface area contributed by atoms with Crippen LogP contribution < -0.4 is 5.43 Å². The van der Waals surface area contributed by atoms with E-state index in [-0.39, 0.29) is 5.78 Å². The topological polar surface area (TPSA) is 53.8 Å². The zero-order chi connectivity index (χ0) is 16.9. The Morgan fingerprint density at radius 2 is 1.88 bits per heavy atom. The summed E-state index contributed by atoms with van der Waals surface area (Å²) in [6.07, 6.45) is 0. The van der Waals surface area contributed by atoms with Gasteiger partial charge >= 0.3 is 0 Å². The predicted octanol–water partition coefficient (Wildman–Crippen LogP) is 4.55. The molecule has 0 aromatic heterocycles. The predicted molar refractivity (Wildman–Crippen MR) is 105 cm³/mol. The van der Waals surface area contributed by atoms with Crippen LogP contribution in [-0.2, 0) is 0 Å². The molecule has 0 atom stereocenters. The summed E-state index contributed by atoms with van der Waals surface area (Å²) in [6.45, 7) is 2.72. The third kappa shape index (κ3) is 4.13. The van der Waals surface area contributed by atoms with Crippen molar-refractivity contribution in [3.05, 3.63) is 64.1 Å². The van der Waals surface area contributed by atoms with Crippen LogP contribution in [0.5, 0.6) is 0 Å². The number of nitrogens with zero attached hydrogens (tertiary/aromatic N) is 2. The van der Waals surface area contributed by atoms with Crippen molar-refractivity contribution in [2.75, 3.05) is 17.7 Å². The maximum Gasteiger partial charge on any atom is 0.215 e. The molecule has 3 rings (SSSR count). The number of halogens is 1. The van der Waals surface area contributed by atoms with Gasteiger partial charge in [-0.2, -0.15) is 5.10 Å². The lowest BCUT2D eigenvalue weighted by Gasteiger charge is -2.07. The zero-order valence-electron chi connectivity index (χ0n) is 13.1. The highest BCUT2D eigenvalue weighted by Crippen LogP contribution is 2.18. The smallest absolute Gasteiger partial charge is 0.215 e. The second-order valence-electron chi connectivity index (χ2n) is 5.31. The van der Waals surface area contributed by atoms with Gasteiger partial charge in [0.05, 0.1) is 5.69 Å². The summed E-state index contributed by atoms with van der Waals surface area (Å²) < 4.78 is 0.990. The van der Waals surface area contributed by atoms with Crippen molar-refractivity contribution >= 4 is 49.9 Å². The third-order valence-electron chi connectivity index (χ3n) is 3.46. The van der Waals surface area contributed by atoms with Gasteiger partial charge in [-0.05, 0) is 31.2 Å². The van der Waals surface area contributed by atoms with Crippen LogP contribution in [0.2, 0.25) is 0 Å². The van der Waals surface area contributed by atoms with Crippen LogP contribution in [0.25, 0.3) is 0 Å². The van der Waals surface area contributed by atoms with Crippen molar-refractivity contribution < 1.29 is 4.79 Å². The van der Waals surface area contributed by atoms with Crippen LogP contribution in [0.15, 0.2) is 63.1 Å².